The molecule has 37 heavy (non-hydrogen) atoms. The van der Waals surface area contributed by atoms with Crippen LogP contribution in [0, 0.1) is 0 Å². The summed E-state index contributed by atoms with van der Waals surface area (Å²) in [6.45, 7) is -0.265. The number of benzene rings is 3. The summed E-state index contributed by atoms with van der Waals surface area (Å²) in [5.74, 6) is -0.158. The molecule has 0 spiro atoms. The zero-order valence-electron chi connectivity index (χ0n) is 20.1. The Hall–Kier alpha value is -4.99. The number of nitrogens with two attached hydrogens (primary N) is 1. The molecule has 1 unspecified atom stereocenters. The van der Waals surface area contributed by atoms with E-state index in [2.05, 4.69) is 25.6 Å². The smallest absolute Gasteiger partial charge is 0.329 e. The van der Waals surface area contributed by atoms with Crippen LogP contribution < -0.4 is 21.1 Å². The third-order valence-corrected chi connectivity index (χ3v) is 5.30. The van der Waals surface area contributed by atoms with Crippen molar-refractivity contribution in [2.75, 3.05) is 18.2 Å². The van der Waals surface area contributed by atoms with Gasteiger partial charge in [0.25, 0.3) is 5.91 Å². The number of para-hydroxylation sites is 2. The SMILES string of the molecule is COc1ccccc1Nc1nc(N)nc(COC(=O)C(Cc2ccccc2)NC(=O)c2ccccc2)n1. The predicted octanol–water partition coefficient (Wildman–Crippen LogP) is 3.29. The molecule has 10 nitrogen and oxygen atoms in total. The number of ether oxygens (including phenoxy) is 2. The van der Waals surface area contributed by atoms with Gasteiger partial charge in [0.2, 0.25) is 11.9 Å². The maximum Gasteiger partial charge on any atom is 0.329 e. The highest BCUT2D eigenvalue weighted by molar-refractivity contribution is 5.96. The Balaban J connectivity index is 1.47. The van der Waals surface area contributed by atoms with Crippen LogP contribution in [-0.4, -0.2) is 40.0 Å². The maximum absolute atomic E-state index is 13.1. The lowest BCUT2D eigenvalue weighted by Crippen LogP contribution is -2.43. The van der Waals surface area contributed by atoms with Crippen molar-refractivity contribution in [3.63, 3.8) is 0 Å². The number of hydrogen-bond donors (Lipinski definition) is 3. The number of carbonyl (C=O) groups excluding carboxylic acids is 2. The highest BCUT2D eigenvalue weighted by Crippen LogP contribution is 2.25. The van der Waals surface area contributed by atoms with E-state index >= 15 is 0 Å². The number of methoxy groups -OCH3 is 1. The van der Waals surface area contributed by atoms with E-state index < -0.39 is 12.0 Å². The van der Waals surface area contributed by atoms with E-state index in [4.69, 9.17) is 15.2 Å². The van der Waals surface area contributed by atoms with E-state index in [9.17, 15) is 9.59 Å². The Morgan fingerprint density at radius 3 is 2.30 bits per heavy atom. The van der Waals surface area contributed by atoms with E-state index in [1.165, 1.54) is 0 Å². The summed E-state index contributed by atoms with van der Waals surface area (Å²) in [5.41, 5.74) is 7.78. The van der Waals surface area contributed by atoms with Gasteiger partial charge in [-0.25, -0.2) is 4.79 Å². The van der Waals surface area contributed by atoms with Crippen molar-refractivity contribution in [1.82, 2.24) is 20.3 Å². The topological polar surface area (TPSA) is 141 Å². The van der Waals surface area contributed by atoms with Crippen LogP contribution >= 0.6 is 0 Å². The normalized spacial score (nSPS) is 11.3. The molecule has 0 aliphatic heterocycles. The molecule has 10 heteroatoms. The van der Waals surface area contributed by atoms with Crippen LogP contribution in [0.15, 0.2) is 84.9 Å². The number of nitrogens with one attached hydrogen (secondary N) is 2. The van der Waals surface area contributed by atoms with Gasteiger partial charge in [-0.2, -0.15) is 15.0 Å². The third-order valence-electron chi connectivity index (χ3n) is 5.30. The van der Waals surface area contributed by atoms with Gasteiger partial charge in [-0.05, 0) is 29.8 Å². The Morgan fingerprint density at radius 1 is 0.892 bits per heavy atom. The minimum Gasteiger partial charge on any atom is -0.495 e. The van der Waals surface area contributed by atoms with Gasteiger partial charge in [0.05, 0.1) is 12.8 Å². The van der Waals surface area contributed by atoms with Gasteiger partial charge < -0.3 is 25.8 Å². The van der Waals surface area contributed by atoms with Crippen molar-refractivity contribution in [3.05, 3.63) is 102 Å². The summed E-state index contributed by atoms with van der Waals surface area (Å²) in [6.07, 6.45) is 0.248. The monoisotopic (exact) mass is 498 g/mol. The molecule has 0 aliphatic rings. The van der Waals surface area contributed by atoms with Gasteiger partial charge in [0.15, 0.2) is 12.4 Å². The molecule has 0 aliphatic carbocycles. The lowest BCUT2D eigenvalue weighted by molar-refractivity contribution is -0.147. The summed E-state index contributed by atoms with van der Waals surface area (Å²) in [4.78, 5) is 38.3. The van der Waals surface area contributed by atoms with Crippen LogP contribution in [0.1, 0.15) is 21.7 Å². The highest BCUT2D eigenvalue weighted by atomic mass is 16.5. The maximum atomic E-state index is 13.1. The molecule has 4 aromatic rings. The highest BCUT2D eigenvalue weighted by Gasteiger charge is 2.24. The van der Waals surface area contributed by atoms with Gasteiger partial charge in [0.1, 0.15) is 11.8 Å². The second-order valence-corrected chi connectivity index (χ2v) is 7.95. The molecule has 0 radical (unpaired) electrons. The van der Waals surface area contributed by atoms with Crippen LogP contribution in [0.4, 0.5) is 17.6 Å². The molecule has 4 N–H and O–H groups in total. The summed E-state index contributed by atoms with van der Waals surface area (Å²) < 4.78 is 10.8. The number of anilines is 3. The first kappa shape index (κ1) is 25.1. The Labute approximate surface area is 213 Å². The van der Waals surface area contributed by atoms with Crippen molar-refractivity contribution in [2.24, 2.45) is 0 Å². The number of esters is 1. The largest absolute Gasteiger partial charge is 0.495 e. The molecule has 3 aromatic carbocycles. The summed E-state index contributed by atoms with van der Waals surface area (Å²) in [5, 5.41) is 5.80. The molecule has 0 bridgehead atoms. The Kier molecular flexibility index (Phi) is 8.22. The zero-order chi connectivity index (χ0) is 26.0. The lowest BCUT2D eigenvalue weighted by Gasteiger charge is -2.18. The lowest BCUT2D eigenvalue weighted by atomic mass is 10.1. The summed E-state index contributed by atoms with van der Waals surface area (Å²) >= 11 is 0. The van der Waals surface area contributed by atoms with E-state index in [0.29, 0.717) is 17.0 Å². The van der Waals surface area contributed by atoms with Gasteiger partial charge in [-0.15, -0.1) is 0 Å². The van der Waals surface area contributed by atoms with Gasteiger partial charge in [-0.1, -0.05) is 60.7 Å². The van der Waals surface area contributed by atoms with Crippen molar-refractivity contribution < 1.29 is 19.1 Å². The summed E-state index contributed by atoms with van der Waals surface area (Å²) in [7, 11) is 1.55. The molecule has 4 rings (SSSR count). The number of nitrogens with zero attached hydrogens (tertiary/aromatic N) is 3. The van der Waals surface area contributed by atoms with Crippen LogP contribution in [0.25, 0.3) is 0 Å². The van der Waals surface area contributed by atoms with E-state index in [1.54, 1.807) is 43.5 Å². The van der Waals surface area contributed by atoms with Crippen LogP contribution in [-0.2, 0) is 22.6 Å². The first-order valence-corrected chi connectivity index (χ1v) is 11.5. The number of rotatable bonds is 10. The summed E-state index contributed by atoms with van der Waals surface area (Å²) in [6, 6.07) is 24.3. The fourth-order valence-corrected chi connectivity index (χ4v) is 3.54. The van der Waals surface area contributed by atoms with Crippen molar-refractivity contribution >= 4 is 29.5 Å². The van der Waals surface area contributed by atoms with E-state index in [1.807, 2.05) is 48.5 Å². The molecule has 1 amide bonds. The van der Waals surface area contributed by atoms with Crippen molar-refractivity contribution in [1.29, 1.82) is 0 Å². The minimum absolute atomic E-state index is 0.0448. The molecule has 188 valence electrons. The number of hydrogen-bond acceptors (Lipinski definition) is 9. The molecule has 0 fully saturated rings. The van der Waals surface area contributed by atoms with Crippen molar-refractivity contribution in [2.45, 2.75) is 19.1 Å². The van der Waals surface area contributed by atoms with E-state index in [0.717, 1.165) is 5.56 Å². The van der Waals surface area contributed by atoms with Crippen LogP contribution in [0.2, 0.25) is 0 Å². The first-order chi connectivity index (χ1) is 18.0. The quantitative estimate of drug-likeness (QED) is 0.281. The average molecular weight is 499 g/mol. The second kappa shape index (κ2) is 12.1. The van der Waals surface area contributed by atoms with Crippen molar-refractivity contribution in [3.8, 4) is 5.75 Å². The molecule has 0 saturated heterocycles. The zero-order valence-corrected chi connectivity index (χ0v) is 20.1. The minimum atomic E-state index is -0.930. The molecule has 1 atom stereocenters. The number of nitrogen functional groups attached to an aromatic ring is 1. The number of amides is 1. The molecular formula is C27H26N6O4. The number of carbonyl (C=O) groups is 2. The molecular weight excluding hydrogens is 472 g/mol. The molecule has 1 heterocycles. The van der Waals surface area contributed by atoms with Gasteiger partial charge >= 0.3 is 5.97 Å². The van der Waals surface area contributed by atoms with Crippen LogP contribution in [0.5, 0.6) is 5.75 Å². The molecule has 0 saturated carbocycles. The van der Waals surface area contributed by atoms with Gasteiger partial charge in [0, 0.05) is 12.0 Å². The Morgan fingerprint density at radius 2 is 1.57 bits per heavy atom. The molecule has 1 aromatic heterocycles. The average Bonchev–Trinajstić information content (AvgIpc) is 2.92. The fraction of sp³-hybridized carbons (Fsp3) is 0.148. The predicted molar refractivity (Wildman–Crippen MR) is 138 cm³/mol. The standard InChI is InChI=1S/C27H26N6O4/c1-36-22-15-9-8-14-20(22)30-27-32-23(31-26(28)33-27)17-37-25(35)21(16-18-10-4-2-5-11-18)29-24(34)19-12-6-3-7-13-19/h2-15,21H,16-17H2,1H3,(H,29,34)(H3,28,30,31,32,33). The fourth-order valence-electron chi connectivity index (χ4n) is 3.54. The second-order valence-electron chi connectivity index (χ2n) is 7.95. The Bertz CT molecular complexity index is 1350. The van der Waals surface area contributed by atoms with E-state index in [-0.39, 0.29) is 36.7 Å². The van der Waals surface area contributed by atoms with Crippen LogP contribution in [0.3, 0.4) is 0 Å². The first-order valence-electron chi connectivity index (χ1n) is 11.5. The number of aromatic nitrogens is 3. The van der Waals surface area contributed by atoms with Gasteiger partial charge in [-0.3, -0.25) is 4.79 Å². The third kappa shape index (κ3) is 7.01.